The number of nitrogen functional groups attached to an aromatic ring is 1. The number of benzene rings is 1. The molecule has 0 aromatic heterocycles. The Kier molecular flexibility index (Phi) is 6.21. The molecule has 10 heteroatoms. The van der Waals surface area contributed by atoms with Crippen LogP contribution in [0.15, 0.2) is 12.1 Å². The fourth-order valence-corrected chi connectivity index (χ4v) is 3.08. The van der Waals surface area contributed by atoms with Crippen molar-refractivity contribution in [1.82, 2.24) is 9.80 Å². The first-order valence-electron chi connectivity index (χ1n) is 8.57. The van der Waals surface area contributed by atoms with Crippen LogP contribution in [0.3, 0.4) is 0 Å². The van der Waals surface area contributed by atoms with Crippen LogP contribution in [0.4, 0.5) is 14.4 Å². The van der Waals surface area contributed by atoms with Crippen LogP contribution in [0, 0.1) is 6.92 Å². The lowest BCUT2D eigenvalue weighted by atomic mass is 10.1. The summed E-state index contributed by atoms with van der Waals surface area (Å²) in [6.45, 7) is 9.99. The zero-order valence-electron chi connectivity index (χ0n) is 16.0. The van der Waals surface area contributed by atoms with Gasteiger partial charge in [0.05, 0.1) is 0 Å². The summed E-state index contributed by atoms with van der Waals surface area (Å²) >= 11 is 0. The molecule has 1 amide bonds. The van der Waals surface area contributed by atoms with E-state index in [4.69, 9.17) is 10.5 Å². The van der Waals surface area contributed by atoms with Gasteiger partial charge in [-0.25, -0.2) is 4.79 Å². The summed E-state index contributed by atoms with van der Waals surface area (Å²) in [5.41, 5.74) is 7.16. The van der Waals surface area contributed by atoms with E-state index in [-0.39, 0.29) is 11.8 Å². The molecule has 1 saturated heterocycles. The second-order valence-corrected chi connectivity index (χ2v) is 8.47. The maximum absolute atomic E-state index is 12.8. The van der Waals surface area contributed by atoms with Gasteiger partial charge in [-0.3, -0.25) is 4.90 Å². The normalized spacial score (nSPS) is 16.3. The lowest BCUT2D eigenvalue weighted by Gasteiger charge is -2.35. The summed E-state index contributed by atoms with van der Waals surface area (Å²) in [7, 11) is -5.12. The van der Waals surface area contributed by atoms with Crippen molar-refractivity contribution in [2.75, 3.05) is 31.9 Å². The molecule has 1 heterocycles. The molecule has 1 aliphatic heterocycles. The molecule has 152 valence electrons. The van der Waals surface area contributed by atoms with E-state index >= 15 is 0 Å². The molecule has 1 aliphatic rings. The Bertz CT molecular complexity index is 800. The van der Waals surface area contributed by atoms with Crippen molar-refractivity contribution in [3.05, 3.63) is 23.3 Å². The lowest BCUT2D eigenvalue weighted by Crippen LogP contribution is -2.49. The monoisotopic (exact) mass is 403 g/mol. The minimum Gasteiger partial charge on any atom is -0.444 e. The van der Waals surface area contributed by atoms with Crippen LogP contribution in [-0.4, -0.2) is 56.1 Å². The van der Waals surface area contributed by atoms with Crippen LogP contribution < -0.4 is 9.92 Å². The number of amides is 1. The van der Waals surface area contributed by atoms with E-state index in [1.54, 1.807) is 11.8 Å². The number of carbonyl (C=O) groups excluding carboxylic acids is 1. The SMILES string of the molecule is Cc1c(N)cc(OS(=O)(=O)F)cc1CN1CCN(C(=O)OC(C)(C)C)CC1. The van der Waals surface area contributed by atoms with Crippen molar-refractivity contribution < 1.29 is 26.0 Å². The second kappa shape index (κ2) is 7.89. The third kappa shape index (κ3) is 6.55. The predicted octanol–water partition coefficient (Wildman–Crippen LogP) is 2.22. The van der Waals surface area contributed by atoms with Crippen molar-refractivity contribution in [2.24, 2.45) is 0 Å². The molecule has 0 bridgehead atoms. The Labute approximate surface area is 159 Å². The van der Waals surface area contributed by atoms with Gasteiger partial charge in [-0.1, -0.05) is 3.89 Å². The van der Waals surface area contributed by atoms with Gasteiger partial charge in [-0.2, -0.15) is 8.42 Å². The standard InChI is InChI=1S/C17H26FN3O5S/c1-12-13(9-14(10-15(12)19)26-27(18,23)24)11-20-5-7-21(8-6-20)16(22)25-17(2,3)4/h9-10H,5-8,11,19H2,1-4H3. The van der Waals surface area contributed by atoms with E-state index in [1.807, 2.05) is 20.8 Å². The summed E-state index contributed by atoms with van der Waals surface area (Å²) in [4.78, 5) is 15.9. The first-order valence-corrected chi connectivity index (χ1v) is 9.88. The van der Waals surface area contributed by atoms with Crippen LogP contribution in [0.2, 0.25) is 0 Å². The van der Waals surface area contributed by atoms with Gasteiger partial charge in [-0.15, -0.1) is 0 Å². The smallest absolute Gasteiger partial charge is 0.444 e. The van der Waals surface area contributed by atoms with Crippen LogP contribution in [0.1, 0.15) is 31.9 Å². The maximum atomic E-state index is 12.8. The summed E-state index contributed by atoms with van der Waals surface area (Å²) < 4.78 is 43.9. The minimum absolute atomic E-state index is 0.164. The fourth-order valence-electron chi connectivity index (χ4n) is 2.75. The number of anilines is 1. The molecule has 1 aromatic rings. The van der Waals surface area contributed by atoms with Gasteiger partial charge in [0.2, 0.25) is 0 Å². The van der Waals surface area contributed by atoms with Crippen molar-refractivity contribution in [3.63, 3.8) is 0 Å². The molecule has 0 unspecified atom stereocenters. The van der Waals surface area contributed by atoms with Crippen LogP contribution in [-0.2, 0) is 21.8 Å². The molecule has 0 atom stereocenters. The molecule has 2 rings (SSSR count). The molecule has 0 radical (unpaired) electrons. The Morgan fingerprint density at radius 3 is 2.33 bits per heavy atom. The first kappa shape index (κ1) is 21.2. The third-order valence-corrected chi connectivity index (χ3v) is 4.53. The topological polar surface area (TPSA) is 102 Å². The molecule has 0 spiro atoms. The molecule has 2 N–H and O–H groups in total. The zero-order chi connectivity index (χ0) is 20.4. The fraction of sp³-hybridized carbons (Fsp3) is 0.588. The van der Waals surface area contributed by atoms with E-state index in [1.165, 1.54) is 12.1 Å². The number of ether oxygens (including phenoxy) is 1. The Morgan fingerprint density at radius 1 is 1.22 bits per heavy atom. The number of hydrogen-bond donors (Lipinski definition) is 1. The third-order valence-electron chi connectivity index (χ3n) is 4.14. The quantitative estimate of drug-likeness (QED) is 0.607. The molecule has 0 saturated carbocycles. The van der Waals surface area contributed by atoms with Gasteiger partial charge < -0.3 is 19.6 Å². The summed E-state index contributed by atoms with van der Waals surface area (Å²) in [5.74, 6) is -0.164. The highest BCUT2D eigenvalue weighted by Gasteiger charge is 2.26. The molecular weight excluding hydrogens is 377 g/mol. The Balaban J connectivity index is 2.01. The minimum atomic E-state index is -5.12. The summed E-state index contributed by atoms with van der Waals surface area (Å²) in [6.07, 6.45) is -0.342. The molecule has 0 aliphatic carbocycles. The predicted molar refractivity (Wildman–Crippen MR) is 99.3 cm³/mol. The van der Waals surface area contributed by atoms with Crippen LogP contribution in [0.25, 0.3) is 0 Å². The summed E-state index contributed by atoms with van der Waals surface area (Å²) in [6, 6.07) is 2.74. The number of nitrogens with zero attached hydrogens (tertiary/aromatic N) is 2. The average molecular weight is 403 g/mol. The Hall–Kier alpha value is -2.07. The largest absolute Gasteiger partial charge is 0.488 e. The molecule has 1 aromatic carbocycles. The van der Waals surface area contributed by atoms with Gasteiger partial charge in [0.15, 0.2) is 0 Å². The van der Waals surface area contributed by atoms with Crippen molar-refractivity contribution >= 4 is 22.3 Å². The van der Waals surface area contributed by atoms with Gasteiger partial charge in [0.1, 0.15) is 11.4 Å². The number of rotatable bonds is 4. The van der Waals surface area contributed by atoms with E-state index < -0.39 is 16.1 Å². The van der Waals surface area contributed by atoms with Gasteiger partial charge in [0.25, 0.3) is 0 Å². The number of carbonyl (C=O) groups is 1. The van der Waals surface area contributed by atoms with Crippen molar-refractivity contribution in [1.29, 1.82) is 0 Å². The van der Waals surface area contributed by atoms with E-state index in [9.17, 15) is 17.1 Å². The number of halogens is 1. The van der Waals surface area contributed by atoms with Crippen LogP contribution >= 0.6 is 0 Å². The first-order chi connectivity index (χ1) is 12.3. The number of hydrogen-bond acceptors (Lipinski definition) is 7. The van der Waals surface area contributed by atoms with Crippen LogP contribution in [0.5, 0.6) is 5.75 Å². The van der Waals surface area contributed by atoms with E-state index in [0.29, 0.717) is 38.4 Å². The highest BCUT2D eigenvalue weighted by atomic mass is 32.3. The maximum Gasteiger partial charge on any atom is 0.488 e. The number of nitrogens with two attached hydrogens (primary N) is 1. The summed E-state index contributed by atoms with van der Waals surface area (Å²) in [5, 5.41) is 0. The highest BCUT2D eigenvalue weighted by Crippen LogP contribution is 2.27. The average Bonchev–Trinajstić information content (AvgIpc) is 2.49. The Morgan fingerprint density at radius 2 is 1.81 bits per heavy atom. The number of piperazine rings is 1. The molecule has 1 fully saturated rings. The van der Waals surface area contributed by atoms with Crippen molar-refractivity contribution in [3.8, 4) is 5.75 Å². The zero-order valence-corrected chi connectivity index (χ0v) is 16.8. The molecule has 27 heavy (non-hydrogen) atoms. The van der Waals surface area contributed by atoms with Gasteiger partial charge >= 0.3 is 16.6 Å². The highest BCUT2D eigenvalue weighted by molar-refractivity contribution is 7.81. The second-order valence-electron chi connectivity index (χ2n) is 7.52. The van der Waals surface area contributed by atoms with Gasteiger partial charge in [0, 0.05) is 44.5 Å². The molecule has 8 nitrogen and oxygen atoms in total. The molecular formula is C17H26FN3O5S. The van der Waals surface area contributed by atoms with Crippen molar-refractivity contribution in [2.45, 2.75) is 39.8 Å². The van der Waals surface area contributed by atoms with Gasteiger partial charge in [-0.05, 0) is 44.9 Å². The lowest BCUT2D eigenvalue weighted by molar-refractivity contribution is 0.0139. The van der Waals surface area contributed by atoms with E-state index in [0.717, 1.165) is 11.1 Å². The van der Waals surface area contributed by atoms with E-state index in [2.05, 4.69) is 9.08 Å².